The molecule has 1 aliphatic carbocycles. The van der Waals surface area contributed by atoms with Crippen LogP contribution in [0.2, 0.25) is 0 Å². The molecule has 1 heterocycles. The maximum atomic E-state index is 12.9. The first-order valence-corrected chi connectivity index (χ1v) is 8.42. The number of rotatable bonds is 5. The van der Waals surface area contributed by atoms with Crippen LogP contribution < -0.4 is 5.32 Å². The van der Waals surface area contributed by atoms with E-state index in [1.54, 1.807) is 6.07 Å². The van der Waals surface area contributed by atoms with Gasteiger partial charge in [0.1, 0.15) is 5.82 Å². The topological polar surface area (TPSA) is 24.9 Å². The van der Waals surface area contributed by atoms with Gasteiger partial charge in [-0.15, -0.1) is 0 Å². The minimum Gasteiger partial charge on any atom is -0.306 e. The molecule has 0 amide bonds. The van der Waals surface area contributed by atoms with Crippen molar-refractivity contribution in [1.29, 1.82) is 0 Å². The molecular formula is C15H23FN2S. The number of thioether (sulfide) groups is 1. The molecular weight excluding hydrogens is 259 g/mol. The summed E-state index contributed by atoms with van der Waals surface area (Å²) in [6.45, 7) is 2.15. The fourth-order valence-electron chi connectivity index (χ4n) is 2.76. The molecule has 0 aromatic carbocycles. The molecule has 0 saturated heterocycles. The summed E-state index contributed by atoms with van der Waals surface area (Å²) in [7, 11) is 0. The largest absolute Gasteiger partial charge is 0.306 e. The molecule has 106 valence electrons. The second-order valence-corrected chi connectivity index (χ2v) is 6.38. The molecule has 1 aromatic heterocycles. The fourth-order valence-corrected chi connectivity index (χ4v) is 3.50. The van der Waals surface area contributed by atoms with Crippen LogP contribution in [0.1, 0.15) is 50.8 Å². The first-order chi connectivity index (χ1) is 9.22. The molecule has 1 aliphatic rings. The summed E-state index contributed by atoms with van der Waals surface area (Å²) in [4.78, 5) is 4.20. The van der Waals surface area contributed by atoms with Crippen LogP contribution in [0.3, 0.4) is 0 Å². The van der Waals surface area contributed by atoms with Crippen LogP contribution in [-0.4, -0.2) is 22.5 Å². The Balaban J connectivity index is 1.91. The molecule has 4 heteroatoms. The standard InChI is InChI=1S/C15H23FN2S/c1-3-14(15-9-4-11(16)10-17-15)18-12-5-7-13(19-2)8-6-12/h4,9-10,12-14,18H,3,5-8H2,1-2H3. The molecule has 0 spiro atoms. The number of aromatic nitrogens is 1. The number of hydrogen-bond acceptors (Lipinski definition) is 3. The van der Waals surface area contributed by atoms with Crippen LogP contribution in [0.25, 0.3) is 0 Å². The van der Waals surface area contributed by atoms with Crippen molar-refractivity contribution in [3.05, 3.63) is 29.8 Å². The van der Waals surface area contributed by atoms with Gasteiger partial charge in [0.05, 0.1) is 11.9 Å². The van der Waals surface area contributed by atoms with Crippen LogP contribution in [0.4, 0.5) is 4.39 Å². The van der Waals surface area contributed by atoms with Crippen molar-refractivity contribution < 1.29 is 4.39 Å². The van der Waals surface area contributed by atoms with Crippen molar-refractivity contribution in [3.63, 3.8) is 0 Å². The number of pyridine rings is 1. The van der Waals surface area contributed by atoms with Crippen molar-refractivity contribution in [2.24, 2.45) is 0 Å². The lowest BCUT2D eigenvalue weighted by molar-refractivity contribution is 0.336. The van der Waals surface area contributed by atoms with Gasteiger partial charge in [0, 0.05) is 17.3 Å². The second kappa shape index (κ2) is 7.25. The van der Waals surface area contributed by atoms with E-state index >= 15 is 0 Å². The van der Waals surface area contributed by atoms with E-state index in [1.165, 1.54) is 37.9 Å². The Morgan fingerprint density at radius 2 is 2.11 bits per heavy atom. The summed E-state index contributed by atoms with van der Waals surface area (Å²) in [5.74, 6) is -0.265. The van der Waals surface area contributed by atoms with Crippen LogP contribution in [0.5, 0.6) is 0 Å². The highest BCUT2D eigenvalue weighted by Gasteiger charge is 2.23. The summed E-state index contributed by atoms with van der Waals surface area (Å²) in [6.07, 6.45) is 9.58. The lowest BCUT2D eigenvalue weighted by atomic mass is 9.93. The second-order valence-electron chi connectivity index (χ2n) is 5.24. The van der Waals surface area contributed by atoms with Gasteiger partial charge < -0.3 is 5.32 Å². The Morgan fingerprint density at radius 1 is 1.37 bits per heavy atom. The Kier molecular flexibility index (Phi) is 5.64. The first-order valence-electron chi connectivity index (χ1n) is 7.13. The summed E-state index contributed by atoms with van der Waals surface area (Å²) in [5.41, 5.74) is 0.955. The van der Waals surface area contributed by atoms with Gasteiger partial charge in [-0.3, -0.25) is 4.98 Å². The smallest absolute Gasteiger partial charge is 0.141 e. The molecule has 1 unspecified atom stereocenters. The molecule has 0 aliphatic heterocycles. The molecule has 1 aromatic rings. The zero-order valence-corrected chi connectivity index (χ0v) is 12.5. The van der Waals surface area contributed by atoms with Gasteiger partial charge in [-0.1, -0.05) is 6.92 Å². The molecule has 0 bridgehead atoms. The summed E-state index contributed by atoms with van der Waals surface area (Å²) in [6, 6.07) is 4.12. The fraction of sp³-hybridized carbons (Fsp3) is 0.667. The summed E-state index contributed by atoms with van der Waals surface area (Å²) < 4.78 is 12.9. The van der Waals surface area contributed by atoms with Crippen molar-refractivity contribution in [3.8, 4) is 0 Å². The highest BCUT2D eigenvalue weighted by Crippen LogP contribution is 2.28. The third-order valence-electron chi connectivity index (χ3n) is 3.96. The van der Waals surface area contributed by atoms with E-state index in [1.807, 2.05) is 11.8 Å². The molecule has 1 saturated carbocycles. The number of hydrogen-bond donors (Lipinski definition) is 1. The predicted molar refractivity (Wildman–Crippen MR) is 79.9 cm³/mol. The normalized spacial score (nSPS) is 25.2. The minimum atomic E-state index is -0.265. The molecule has 2 nitrogen and oxygen atoms in total. The van der Waals surface area contributed by atoms with Gasteiger partial charge in [0.15, 0.2) is 0 Å². The van der Waals surface area contributed by atoms with Crippen molar-refractivity contribution >= 4 is 11.8 Å². The van der Waals surface area contributed by atoms with Crippen LogP contribution >= 0.6 is 11.8 Å². The Hall–Kier alpha value is -0.610. The van der Waals surface area contributed by atoms with Gasteiger partial charge in [-0.05, 0) is 50.5 Å². The number of nitrogens with one attached hydrogen (secondary N) is 1. The molecule has 1 atom stereocenters. The van der Waals surface area contributed by atoms with Crippen LogP contribution in [-0.2, 0) is 0 Å². The van der Waals surface area contributed by atoms with E-state index in [0.29, 0.717) is 6.04 Å². The van der Waals surface area contributed by atoms with E-state index < -0.39 is 0 Å². The summed E-state index contributed by atoms with van der Waals surface area (Å²) >= 11 is 1.99. The molecule has 0 radical (unpaired) electrons. The molecule has 1 fully saturated rings. The van der Waals surface area contributed by atoms with Crippen LogP contribution in [0.15, 0.2) is 18.3 Å². The van der Waals surface area contributed by atoms with Crippen molar-refractivity contribution in [1.82, 2.24) is 10.3 Å². The van der Waals surface area contributed by atoms with E-state index in [-0.39, 0.29) is 11.9 Å². The average Bonchev–Trinajstić information content (AvgIpc) is 2.46. The van der Waals surface area contributed by atoms with Gasteiger partial charge in [0.25, 0.3) is 0 Å². The van der Waals surface area contributed by atoms with Crippen molar-refractivity contribution in [2.75, 3.05) is 6.26 Å². The SMILES string of the molecule is CCC(NC1CCC(SC)CC1)c1ccc(F)cn1. The third-order valence-corrected chi connectivity index (χ3v) is 5.10. The highest BCUT2D eigenvalue weighted by atomic mass is 32.2. The minimum absolute atomic E-state index is 0.247. The monoisotopic (exact) mass is 282 g/mol. The first kappa shape index (κ1) is 14.8. The zero-order chi connectivity index (χ0) is 13.7. The Morgan fingerprint density at radius 3 is 2.63 bits per heavy atom. The lowest BCUT2D eigenvalue weighted by Crippen LogP contribution is -2.36. The van der Waals surface area contributed by atoms with Gasteiger partial charge in [0.2, 0.25) is 0 Å². The van der Waals surface area contributed by atoms with Gasteiger partial charge in [-0.2, -0.15) is 11.8 Å². The number of nitrogens with zero attached hydrogens (tertiary/aromatic N) is 1. The van der Waals surface area contributed by atoms with E-state index in [4.69, 9.17) is 0 Å². The van der Waals surface area contributed by atoms with Gasteiger partial charge in [-0.25, -0.2) is 4.39 Å². The lowest BCUT2D eigenvalue weighted by Gasteiger charge is -2.31. The van der Waals surface area contributed by atoms with Gasteiger partial charge >= 0.3 is 0 Å². The Bertz CT molecular complexity index is 374. The van der Waals surface area contributed by atoms with Crippen LogP contribution in [0, 0.1) is 5.82 Å². The maximum absolute atomic E-state index is 12.9. The quantitative estimate of drug-likeness (QED) is 0.885. The summed E-state index contributed by atoms with van der Waals surface area (Å²) in [5, 5.41) is 4.53. The molecule has 19 heavy (non-hydrogen) atoms. The average molecular weight is 282 g/mol. The maximum Gasteiger partial charge on any atom is 0.141 e. The van der Waals surface area contributed by atoms with Crippen molar-refractivity contribution in [2.45, 2.75) is 56.4 Å². The molecule has 1 N–H and O–H groups in total. The Labute approximate surface area is 119 Å². The zero-order valence-electron chi connectivity index (χ0n) is 11.7. The number of halogens is 1. The van der Waals surface area contributed by atoms with E-state index in [2.05, 4.69) is 23.5 Å². The highest BCUT2D eigenvalue weighted by molar-refractivity contribution is 7.99. The van der Waals surface area contributed by atoms with E-state index in [0.717, 1.165) is 17.4 Å². The predicted octanol–water partition coefficient (Wildman–Crippen LogP) is 3.94. The van der Waals surface area contributed by atoms with E-state index in [9.17, 15) is 4.39 Å². The molecule has 2 rings (SSSR count). The third kappa shape index (κ3) is 4.18.